The Bertz CT molecular complexity index is 395. The van der Waals surface area contributed by atoms with Crippen molar-refractivity contribution in [3.63, 3.8) is 0 Å². The van der Waals surface area contributed by atoms with Gasteiger partial charge in [-0.15, -0.1) is 0 Å². The molecule has 1 fully saturated rings. The summed E-state index contributed by atoms with van der Waals surface area (Å²) in [6.45, 7) is 5.64. The first-order valence-electron chi connectivity index (χ1n) is 5.91. The molecule has 94 valence electrons. The van der Waals surface area contributed by atoms with E-state index in [2.05, 4.69) is 73.8 Å². The second-order valence-electron chi connectivity index (χ2n) is 4.68. The monoisotopic (exact) mass is 360 g/mol. The molecule has 2 nitrogen and oxygen atoms in total. The van der Waals surface area contributed by atoms with Crippen LogP contribution >= 0.6 is 31.9 Å². The molecule has 0 bridgehead atoms. The molecule has 1 aliphatic heterocycles. The Hall–Kier alpha value is -0.0600. The van der Waals surface area contributed by atoms with Crippen LogP contribution in [0.2, 0.25) is 0 Å². The summed E-state index contributed by atoms with van der Waals surface area (Å²) < 4.78 is 1.19. The lowest BCUT2D eigenvalue weighted by molar-refractivity contribution is 0.234. The molecule has 1 aromatic carbocycles. The second kappa shape index (κ2) is 5.72. The molecule has 0 saturated carbocycles. The molecule has 1 saturated heterocycles. The smallest absolute Gasteiger partial charge is 0.0378 e. The molecule has 17 heavy (non-hydrogen) atoms. The standard InChI is InChI=1S/C13H18Br2N2/c1-10-9-17(6-5-16(10)2)12-4-3-11(8-14)13(15)7-12/h3-4,7,10H,5-6,8-9H2,1-2H3. The van der Waals surface area contributed by atoms with E-state index in [0.29, 0.717) is 6.04 Å². The van der Waals surface area contributed by atoms with Gasteiger partial charge < -0.3 is 9.80 Å². The first-order valence-corrected chi connectivity index (χ1v) is 7.83. The number of hydrogen-bond acceptors (Lipinski definition) is 2. The van der Waals surface area contributed by atoms with Crippen LogP contribution in [0.1, 0.15) is 12.5 Å². The minimum absolute atomic E-state index is 0.623. The highest BCUT2D eigenvalue weighted by molar-refractivity contribution is 9.10. The van der Waals surface area contributed by atoms with E-state index in [1.807, 2.05) is 0 Å². The van der Waals surface area contributed by atoms with Gasteiger partial charge in [0.2, 0.25) is 0 Å². The number of hydrogen-bond donors (Lipinski definition) is 0. The predicted molar refractivity (Wildman–Crippen MR) is 81.1 cm³/mol. The van der Waals surface area contributed by atoms with Crippen molar-refractivity contribution in [2.45, 2.75) is 18.3 Å². The minimum Gasteiger partial charge on any atom is -0.369 e. The lowest BCUT2D eigenvalue weighted by atomic mass is 10.1. The molecule has 2 rings (SSSR count). The number of rotatable bonds is 2. The van der Waals surface area contributed by atoms with Crippen molar-refractivity contribution in [3.8, 4) is 0 Å². The van der Waals surface area contributed by atoms with Crippen LogP contribution in [-0.2, 0) is 5.33 Å². The van der Waals surface area contributed by atoms with E-state index >= 15 is 0 Å². The Morgan fingerprint density at radius 3 is 2.71 bits per heavy atom. The maximum Gasteiger partial charge on any atom is 0.0378 e. The molecule has 4 heteroatoms. The molecule has 1 unspecified atom stereocenters. The molecule has 0 spiro atoms. The summed E-state index contributed by atoms with van der Waals surface area (Å²) in [5.74, 6) is 0. The van der Waals surface area contributed by atoms with Crippen LogP contribution in [-0.4, -0.2) is 37.6 Å². The molecule has 1 atom stereocenters. The fraction of sp³-hybridized carbons (Fsp3) is 0.538. The molecule has 0 N–H and O–H groups in total. The van der Waals surface area contributed by atoms with Crippen LogP contribution in [0.5, 0.6) is 0 Å². The van der Waals surface area contributed by atoms with Crippen LogP contribution in [0.3, 0.4) is 0 Å². The topological polar surface area (TPSA) is 6.48 Å². The second-order valence-corrected chi connectivity index (χ2v) is 6.10. The fourth-order valence-electron chi connectivity index (χ4n) is 2.12. The summed E-state index contributed by atoms with van der Waals surface area (Å²) in [5.41, 5.74) is 2.62. The third-order valence-electron chi connectivity index (χ3n) is 3.51. The minimum atomic E-state index is 0.623. The largest absolute Gasteiger partial charge is 0.369 e. The number of halogens is 2. The summed E-state index contributed by atoms with van der Waals surface area (Å²) in [4.78, 5) is 4.88. The van der Waals surface area contributed by atoms with E-state index in [4.69, 9.17) is 0 Å². The lowest BCUT2D eigenvalue weighted by Crippen LogP contribution is -2.50. The average Bonchev–Trinajstić information content (AvgIpc) is 2.32. The highest BCUT2D eigenvalue weighted by Gasteiger charge is 2.20. The Morgan fingerprint density at radius 2 is 2.12 bits per heavy atom. The van der Waals surface area contributed by atoms with Crippen LogP contribution < -0.4 is 4.90 Å². The molecule has 1 aliphatic rings. The van der Waals surface area contributed by atoms with E-state index in [1.54, 1.807) is 0 Å². The zero-order chi connectivity index (χ0) is 12.4. The number of nitrogens with zero attached hydrogens (tertiary/aromatic N) is 2. The molecule has 1 aromatic rings. The molecular weight excluding hydrogens is 344 g/mol. The van der Waals surface area contributed by atoms with E-state index in [1.165, 1.54) is 15.7 Å². The number of anilines is 1. The van der Waals surface area contributed by atoms with Crippen LogP contribution in [0, 0.1) is 0 Å². The third-order valence-corrected chi connectivity index (χ3v) is 4.85. The van der Waals surface area contributed by atoms with E-state index in [9.17, 15) is 0 Å². The van der Waals surface area contributed by atoms with Crippen molar-refractivity contribution in [1.82, 2.24) is 4.90 Å². The normalized spacial score (nSPS) is 21.9. The first-order chi connectivity index (χ1) is 8.11. The first kappa shape index (κ1) is 13.4. The van der Waals surface area contributed by atoms with E-state index in [0.717, 1.165) is 25.0 Å². The third kappa shape index (κ3) is 3.04. The predicted octanol–water partition coefficient (Wildman–Crippen LogP) is 3.48. The van der Waals surface area contributed by atoms with Crippen molar-refractivity contribution >= 4 is 37.5 Å². The Labute approximate surface area is 120 Å². The van der Waals surface area contributed by atoms with Gasteiger partial charge in [-0.25, -0.2) is 0 Å². The van der Waals surface area contributed by atoms with Gasteiger partial charge in [-0.05, 0) is 31.7 Å². The SMILES string of the molecule is CC1CN(c2ccc(CBr)c(Br)c2)CCN1C. The Kier molecular flexibility index (Phi) is 4.50. The zero-order valence-electron chi connectivity index (χ0n) is 10.3. The van der Waals surface area contributed by atoms with Gasteiger partial charge in [0.15, 0.2) is 0 Å². The van der Waals surface area contributed by atoms with Crippen molar-refractivity contribution < 1.29 is 0 Å². The summed E-state index contributed by atoms with van der Waals surface area (Å²) in [6.07, 6.45) is 0. The number of alkyl halides is 1. The summed E-state index contributed by atoms with van der Waals surface area (Å²) >= 11 is 7.13. The van der Waals surface area contributed by atoms with E-state index < -0.39 is 0 Å². The van der Waals surface area contributed by atoms with Gasteiger partial charge >= 0.3 is 0 Å². The van der Waals surface area contributed by atoms with Crippen LogP contribution in [0.15, 0.2) is 22.7 Å². The fourth-order valence-corrected chi connectivity index (χ4v) is 3.50. The molecule has 0 amide bonds. The van der Waals surface area contributed by atoms with Crippen molar-refractivity contribution in [2.75, 3.05) is 31.6 Å². The maximum absolute atomic E-state index is 3.63. The van der Waals surface area contributed by atoms with Crippen LogP contribution in [0.4, 0.5) is 5.69 Å². The highest BCUT2D eigenvalue weighted by atomic mass is 79.9. The van der Waals surface area contributed by atoms with Gasteiger partial charge in [-0.1, -0.05) is 37.9 Å². The Morgan fingerprint density at radius 1 is 1.35 bits per heavy atom. The van der Waals surface area contributed by atoms with Crippen molar-refractivity contribution in [2.24, 2.45) is 0 Å². The number of likely N-dealkylation sites (N-methyl/N-ethyl adjacent to an activating group) is 1. The van der Waals surface area contributed by atoms with Gasteiger partial charge in [0.05, 0.1) is 0 Å². The average molecular weight is 362 g/mol. The maximum atomic E-state index is 3.63. The van der Waals surface area contributed by atoms with Gasteiger partial charge in [-0.2, -0.15) is 0 Å². The van der Waals surface area contributed by atoms with Gasteiger partial charge in [-0.3, -0.25) is 0 Å². The van der Waals surface area contributed by atoms with Crippen molar-refractivity contribution in [1.29, 1.82) is 0 Å². The van der Waals surface area contributed by atoms with Gasteiger partial charge in [0, 0.05) is 41.2 Å². The molecule has 0 radical (unpaired) electrons. The molecule has 0 aromatic heterocycles. The lowest BCUT2D eigenvalue weighted by Gasteiger charge is -2.39. The number of piperazine rings is 1. The summed E-state index contributed by atoms with van der Waals surface area (Å²) in [5, 5.41) is 0.896. The highest BCUT2D eigenvalue weighted by Crippen LogP contribution is 2.27. The van der Waals surface area contributed by atoms with Gasteiger partial charge in [0.1, 0.15) is 0 Å². The Balaban J connectivity index is 2.15. The zero-order valence-corrected chi connectivity index (χ0v) is 13.5. The van der Waals surface area contributed by atoms with Crippen molar-refractivity contribution in [3.05, 3.63) is 28.2 Å². The summed E-state index contributed by atoms with van der Waals surface area (Å²) in [6, 6.07) is 7.27. The van der Waals surface area contributed by atoms with Gasteiger partial charge in [0.25, 0.3) is 0 Å². The molecule has 1 heterocycles. The number of benzene rings is 1. The summed E-state index contributed by atoms with van der Waals surface area (Å²) in [7, 11) is 2.20. The molecular formula is C13H18Br2N2. The molecule has 0 aliphatic carbocycles. The van der Waals surface area contributed by atoms with E-state index in [-0.39, 0.29) is 0 Å². The quantitative estimate of drug-likeness (QED) is 0.744. The van der Waals surface area contributed by atoms with Crippen LogP contribution in [0.25, 0.3) is 0 Å².